The number of non-ortho nitro benzene ring substituents is 1. The first-order valence-corrected chi connectivity index (χ1v) is 11.9. The number of nitrogens with one attached hydrogen (secondary N) is 2. The van der Waals surface area contributed by atoms with E-state index < -0.39 is 29.1 Å². The molecule has 5 rings (SSSR count). The number of hydrogen-bond donors (Lipinski definition) is 2. The molecule has 4 aromatic rings. The van der Waals surface area contributed by atoms with E-state index in [1.54, 1.807) is 47.8 Å². The van der Waals surface area contributed by atoms with E-state index in [0.29, 0.717) is 5.75 Å². The van der Waals surface area contributed by atoms with Crippen LogP contribution in [0.2, 0.25) is 0 Å². The predicted octanol–water partition coefficient (Wildman–Crippen LogP) is 6.56. The van der Waals surface area contributed by atoms with E-state index >= 15 is 0 Å². The summed E-state index contributed by atoms with van der Waals surface area (Å²) in [4.78, 5) is 24.4. The van der Waals surface area contributed by atoms with Crippen LogP contribution >= 0.6 is 11.3 Å². The second kappa shape index (κ2) is 9.58. The molecule has 190 valence electrons. The number of nitro benzene ring substituents is 1. The fraction of sp³-hybridized carbons (Fsp3) is 0.167. The molecule has 0 radical (unpaired) electrons. The van der Waals surface area contributed by atoms with Crippen molar-refractivity contribution in [1.82, 2.24) is 9.78 Å². The van der Waals surface area contributed by atoms with Crippen molar-refractivity contribution in [2.75, 3.05) is 10.6 Å². The number of nitrogens with zero attached hydrogens (tertiary/aromatic N) is 3. The molecular formula is C24H18F3N5O4S. The smallest absolute Gasteiger partial charge is 0.410 e. The maximum absolute atomic E-state index is 13.9. The second-order valence-corrected chi connectivity index (χ2v) is 9.19. The zero-order valence-electron chi connectivity index (χ0n) is 18.8. The molecule has 1 amide bonds. The number of alkyl halides is 3. The van der Waals surface area contributed by atoms with Crippen LogP contribution < -0.4 is 15.4 Å². The predicted molar refractivity (Wildman–Crippen MR) is 130 cm³/mol. The average Bonchev–Trinajstić information content (AvgIpc) is 3.53. The van der Waals surface area contributed by atoms with Crippen LogP contribution in [0.25, 0.3) is 0 Å². The summed E-state index contributed by atoms with van der Waals surface area (Å²) in [6.45, 7) is 0. The van der Waals surface area contributed by atoms with Crippen LogP contribution in [0, 0.1) is 10.1 Å². The van der Waals surface area contributed by atoms with Crippen molar-refractivity contribution < 1.29 is 27.6 Å². The molecule has 0 saturated carbocycles. The van der Waals surface area contributed by atoms with Crippen molar-refractivity contribution in [1.29, 1.82) is 0 Å². The number of fused-ring (bicyclic) bond motifs is 1. The van der Waals surface area contributed by atoms with Gasteiger partial charge in [-0.05, 0) is 23.6 Å². The van der Waals surface area contributed by atoms with Crippen molar-refractivity contribution in [2.24, 2.45) is 0 Å². The van der Waals surface area contributed by atoms with Gasteiger partial charge in [0.15, 0.2) is 11.7 Å². The number of rotatable bonds is 6. The third-order valence-corrected chi connectivity index (χ3v) is 6.63. The lowest BCUT2D eigenvalue weighted by Crippen LogP contribution is -2.35. The highest BCUT2D eigenvalue weighted by Crippen LogP contribution is 2.44. The zero-order valence-corrected chi connectivity index (χ0v) is 19.6. The number of thiophene rings is 1. The lowest BCUT2D eigenvalue weighted by atomic mass is 10.0. The van der Waals surface area contributed by atoms with Crippen molar-refractivity contribution in [2.45, 2.75) is 24.7 Å². The first-order valence-electron chi connectivity index (χ1n) is 11.0. The number of para-hydroxylation sites is 1. The first-order chi connectivity index (χ1) is 17.7. The van der Waals surface area contributed by atoms with Crippen LogP contribution in [-0.2, 0) is 0 Å². The number of carbonyl (C=O) groups is 1. The van der Waals surface area contributed by atoms with E-state index in [1.165, 1.54) is 29.5 Å². The molecule has 37 heavy (non-hydrogen) atoms. The van der Waals surface area contributed by atoms with Gasteiger partial charge in [0.1, 0.15) is 17.3 Å². The molecule has 0 bridgehead atoms. The fourth-order valence-electron chi connectivity index (χ4n) is 4.00. The number of carbonyl (C=O) groups excluding carboxylic acids is 1. The number of hydrogen-bond acceptors (Lipinski definition) is 7. The number of benzene rings is 2. The molecule has 0 fully saturated rings. The van der Waals surface area contributed by atoms with Gasteiger partial charge in [-0.25, -0.2) is 4.68 Å². The molecular weight excluding hydrogens is 511 g/mol. The summed E-state index contributed by atoms with van der Waals surface area (Å²) in [6.07, 6.45) is -4.87. The molecule has 1 aliphatic heterocycles. The highest BCUT2D eigenvalue weighted by atomic mass is 32.1. The van der Waals surface area contributed by atoms with E-state index in [0.717, 1.165) is 15.6 Å². The molecule has 3 heterocycles. The Morgan fingerprint density at radius 2 is 1.92 bits per heavy atom. The molecule has 0 unspecified atom stereocenters. The van der Waals surface area contributed by atoms with Gasteiger partial charge in [-0.2, -0.15) is 18.3 Å². The molecule has 0 spiro atoms. The van der Waals surface area contributed by atoms with Crippen molar-refractivity contribution in [3.63, 3.8) is 0 Å². The van der Waals surface area contributed by atoms with Gasteiger partial charge in [0.2, 0.25) is 0 Å². The lowest BCUT2D eigenvalue weighted by Gasteiger charge is -2.32. The minimum atomic E-state index is -4.59. The van der Waals surface area contributed by atoms with Gasteiger partial charge in [0.25, 0.3) is 11.6 Å². The molecule has 2 atom stereocenters. The Bertz CT molecular complexity index is 1440. The van der Waals surface area contributed by atoms with Gasteiger partial charge >= 0.3 is 6.18 Å². The van der Waals surface area contributed by atoms with Crippen LogP contribution in [0.4, 0.5) is 30.4 Å². The highest BCUT2D eigenvalue weighted by Gasteiger charge is 2.47. The number of aromatic nitrogens is 2. The molecule has 13 heteroatoms. The molecule has 2 aromatic carbocycles. The SMILES string of the molecule is O=C(Nc1cc(Oc2ccccc2)cc([N+](=O)[O-])c1)c1cc2n(n1)[C@H](C(F)(F)F)C[C@H](c1cccs1)N2. The quantitative estimate of drug-likeness (QED) is 0.216. The van der Waals surface area contributed by atoms with Crippen LogP contribution in [0.15, 0.2) is 72.1 Å². The number of anilines is 2. The third-order valence-electron chi connectivity index (χ3n) is 5.65. The largest absolute Gasteiger partial charge is 0.457 e. The summed E-state index contributed by atoms with van der Waals surface area (Å²) in [5.41, 5.74) is -0.598. The van der Waals surface area contributed by atoms with Crippen LogP contribution in [0.3, 0.4) is 0 Å². The van der Waals surface area contributed by atoms with E-state index in [9.17, 15) is 28.1 Å². The standard InChI is InChI=1S/C24H18F3N5O4S/c25-24(26,27)21-12-18(20-7-4-8-37-20)29-22-13-19(30-31(21)22)23(33)28-14-9-15(32(34)35)11-17(10-14)36-16-5-2-1-3-6-16/h1-11,13,18,21,29H,12H2,(H,28,33)/t18-,21+/m1/s1. The summed E-state index contributed by atoms with van der Waals surface area (Å²) in [5.74, 6) is -0.267. The number of amides is 1. The molecule has 9 nitrogen and oxygen atoms in total. The average molecular weight is 530 g/mol. The maximum atomic E-state index is 13.9. The Morgan fingerprint density at radius 3 is 2.59 bits per heavy atom. The molecule has 2 N–H and O–H groups in total. The van der Waals surface area contributed by atoms with Crippen LogP contribution in [-0.4, -0.2) is 26.8 Å². The van der Waals surface area contributed by atoms with Crippen molar-refractivity contribution >= 4 is 34.4 Å². The van der Waals surface area contributed by atoms with E-state index in [2.05, 4.69) is 15.7 Å². The fourth-order valence-corrected chi connectivity index (χ4v) is 4.79. The number of halogens is 3. The van der Waals surface area contributed by atoms with Gasteiger partial charge in [0.05, 0.1) is 22.7 Å². The summed E-state index contributed by atoms with van der Waals surface area (Å²) in [5, 5.41) is 22.6. The minimum Gasteiger partial charge on any atom is -0.457 e. The van der Waals surface area contributed by atoms with E-state index in [4.69, 9.17) is 4.74 Å². The minimum absolute atomic E-state index is 0.0212. The Balaban J connectivity index is 1.42. The van der Waals surface area contributed by atoms with E-state index in [-0.39, 0.29) is 35.1 Å². The normalized spacial score (nSPS) is 16.9. The van der Waals surface area contributed by atoms with Gasteiger partial charge in [0, 0.05) is 29.5 Å². The van der Waals surface area contributed by atoms with Gasteiger partial charge < -0.3 is 15.4 Å². The Morgan fingerprint density at radius 1 is 1.14 bits per heavy atom. The monoisotopic (exact) mass is 529 g/mol. The topological polar surface area (TPSA) is 111 Å². The number of nitro groups is 1. The molecule has 1 aliphatic rings. The summed E-state index contributed by atoms with van der Waals surface area (Å²) < 4.78 is 48.0. The van der Waals surface area contributed by atoms with Crippen LogP contribution in [0.5, 0.6) is 11.5 Å². The number of ether oxygens (including phenoxy) is 1. The summed E-state index contributed by atoms with van der Waals surface area (Å²) >= 11 is 1.33. The highest BCUT2D eigenvalue weighted by molar-refractivity contribution is 7.10. The van der Waals surface area contributed by atoms with Crippen LogP contribution in [0.1, 0.15) is 33.9 Å². The Labute approximate surface area is 211 Å². The molecule has 2 aromatic heterocycles. The van der Waals surface area contributed by atoms with Crippen molar-refractivity contribution in [3.8, 4) is 11.5 Å². The summed E-state index contributed by atoms with van der Waals surface area (Å²) in [6, 6.07) is 14.4. The molecule has 0 saturated heterocycles. The third kappa shape index (κ3) is 5.26. The Hall–Kier alpha value is -4.39. The summed E-state index contributed by atoms with van der Waals surface area (Å²) in [7, 11) is 0. The van der Waals surface area contributed by atoms with Gasteiger partial charge in [-0.15, -0.1) is 11.3 Å². The first kappa shape index (κ1) is 24.3. The van der Waals surface area contributed by atoms with E-state index in [1.807, 2.05) is 0 Å². The zero-order chi connectivity index (χ0) is 26.2. The lowest BCUT2D eigenvalue weighted by molar-refractivity contribution is -0.384. The van der Waals surface area contributed by atoms with Gasteiger partial charge in [-0.1, -0.05) is 24.3 Å². The van der Waals surface area contributed by atoms with Gasteiger partial charge in [-0.3, -0.25) is 14.9 Å². The van der Waals surface area contributed by atoms with Crippen molar-refractivity contribution in [3.05, 3.63) is 92.8 Å². The molecule has 0 aliphatic carbocycles. The maximum Gasteiger partial charge on any atom is 0.410 e. The second-order valence-electron chi connectivity index (χ2n) is 8.21. The Kier molecular flexibility index (Phi) is 6.29.